The van der Waals surface area contributed by atoms with Gasteiger partial charge in [0.25, 0.3) is 0 Å². The van der Waals surface area contributed by atoms with Crippen LogP contribution in [0.1, 0.15) is 23.7 Å². The van der Waals surface area contributed by atoms with Crippen LogP contribution < -0.4 is 10.1 Å². The van der Waals surface area contributed by atoms with Gasteiger partial charge in [-0.2, -0.15) is 0 Å². The van der Waals surface area contributed by atoms with Crippen LogP contribution in [0.4, 0.5) is 5.69 Å². The molecule has 2 atom stereocenters. The van der Waals surface area contributed by atoms with Crippen molar-refractivity contribution in [2.75, 3.05) is 19.0 Å². The number of aromatic nitrogens is 4. The number of benzene rings is 2. The fourth-order valence-corrected chi connectivity index (χ4v) is 4.28. The number of amides is 1. The first kappa shape index (κ1) is 20.4. The first-order valence-electron chi connectivity index (χ1n) is 9.77. The number of ether oxygens (including phenoxy) is 2. The molecule has 30 heavy (non-hydrogen) atoms. The summed E-state index contributed by atoms with van der Waals surface area (Å²) >= 11 is 1.32. The van der Waals surface area contributed by atoms with E-state index in [2.05, 4.69) is 20.8 Å². The topological polar surface area (TPSA) is 91.2 Å². The van der Waals surface area contributed by atoms with Gasteiger partial charge in [-0.05, 0) is 41.0 Å². The second kappa shape index (κ2) is 9.73. The van der Waals surface area contributed by atoms with Gasteiger partial charge in [-0.25, -0.2) is 4.68 Å². The van der Waals surface area contributed by atoms with E-state index in [0.29, 0.717) is 23.1 Å². The van der Waals surface area contributed by atoms with Gasteiger partial charge in [0.15, 0.2) is 0 Å². The Morgan fingerprint density at radius 1 is 1.30 bits per heavy atom. The van der Waals surface area contributed by atoms with Crippen molar-refractivity contribution in [3.05, 3.63) is 60.2 Å². The zero-order chi connectivity index (χ0) is 20.8. The minimum atomic E-state index is -0.522. The molecule has 2 heterocycles. The molecule has 1 saturated heterocycles. The van der Waals surface area contributed by atoms with E-state index >= 15 is 0 Å². The summed E-state index contributed by atoms with van der Waals surface area (Å²) in [5.41, 5.74) is 1.54. The third-order valence-corrected chi connectivity index (χ3v) is 6.03. The molecular weight excluding hydrogens is 402 g/mol. The van der Waals surface area contributed by atoms with Crippen LogP contribution in [-0.2, 0) is 16.1 Å². The Hall–Kier alpha value is -2.91. The highest BCUT2D eigenvalue weighted by Crippen LogP contribution is 2.35. The van der Waals surface area contributed by atoms with Crippen molar-refractivity contribution in [1.29, 1.82) is 0 Å². The highest BCUT2D eigenvalue weighted by atomic mass is 32.2. The fourth-order valence-electron chi connectivity index (χ4n) is 3.29. The van der Waals surface area contributed by atoms with Gasteiger partial charge in [0, 0.05) is 18.4 Å². The number of tetrazole rings is 1. The Labute approximate surface area is 179 Å². The maximum atomic E-state index is 13.2. The van der Waals surface area contributed by atoms with Gasteiger partial charge < -0.3 is 14.8 Å². The number of carbonyl (C=O) groups is 1. The average molecular weight is 426 g/mol. The molecular formula is C21H23N5O3S. The van der Waals surface area contributed by atoms with Crippen LogP contribution in [0.25, 0.3) is 0 Å². The number of hydrogen-bond donors (Lipinski definition) is 1. The van der Waals surface area contributed by atoms with Crippen LogP contribution >= 0.6 is 11.8 Å². The van der Waals surface area contributed by atoms with E-state index in [0.717, 1.165) is 25.0 Å². The van der Waals surface area contributed by atoms with Crippen molar-refractivity contribution in [1.82, 2.24) is 20.2 Å². The number of rotatable bonds is 8. The number of carbonyl (C=O) groups excluding carboxylic acids is 1. The molecule has 1 fully saturated rings. The van der Waals surface area contributed by atoms with Crippen molar-refractivity contribution < 1.29 is 14.3 Å². The summed E-state index contributed by atoms with van der Waals surface area (Å²) in [4.78, 5) is 13.2. The molecule has 8 nitrogen and oxygen atoms in total. The SMILES string of the molecule is COc1cccc(NC(=O)[C@H](Sc2nnnn2C[C@H]2CCCO2)c2ccccc2)c1. The van der Waals surface area contributed by atoms with Crippen molar-refractivity contribution in [2.24, 2.45) is 0 Å². The summed E-state index contributed by atoms with van der Waals surface area (Å²) in [7, 11) is 1.59. The first-order valence-corrected chi connectivity index (χ1v) is 10.6. The van der Waals surface area contributed by atoms with E-state index in [1.54, 1.807) is 17.9 Å². The van der Waals surface area contributed by atoms with Crippen LogP contribution in [0.2, 0.25) is 0 Å². The molecule has 1 N–H and O–H groups in total. The van der Waals surface area contributed by atoms with Gasteiger partial charge in [-0.15, -0.1) is 5.10 Å². The van der Waals surface area contributed by atoms with Crippen LogP contribution in [-0.4, -0.2) is 45.9 Å². The van der Waals surface area contributed by atoms with Gasteiger partial charge >= 0.3 is 0 Å². The molecule has 0 saturated carbocycles. The quantitative estimate of drug-likeness (QED) is 0.554. The van der Waals surface area contributed by atoms with E-state index in [-0.39, 0.29) is 12.0 Å². The molecule has 1 aliphatic rings. The summed E-state index contributed by atoms with van der Waals surface area (Å²) in [5, 5.41) is 15.1. The van der Waals surface area contributed by atoms with Crippen LogP contribution in [0.3, 0.4) is 0 Å². The summed E-state index contributed by atoms with van der Waals surface area (Å²) in [5.74, 6) is 0.517. The maximum absolute atomic E-state index is 13.2. The van der Waals surface area contributed by atoms with Crippen LogP contribution in [0, 0.1) is 0 Å². The lowest BCUT2D eigenvalue weighted by molar-refractivity contribution is -0.115. The molecule has 1 amide bonds. The first-order chi connectivity index (χ1) is 14.7. The molecule has 3 aromatic rings. The van der Waals surface area contributed by atoms with E-state index < -0.39 is 5.25 Å². The molecule has 0 aliphatic carbocycles. The van der Waals surface area contributed by atoms with Gasteiger partial charge in [0.2, 0.25) is 11.1 Å². The Morgan fingerprint density at radius 2 is 2.17 bits per heavy atom. The molecule has 1 aliphatic heterocycles. The van der Waals surface area contributed by atoms with Gasteiger partial charge in [0.05, 0.1) is 19.8 Å². The van der Waals surface area contributed by atoms with Crippen molar-refractivity contribution in [3.8, 4) is 5.75 Å². The molecule has 1 aromatic heterocycles. The second-order valence-corrected chi connectivity index (χ2v) is 7.98. The zero-order valence-electron chi connectivity index (χ0n) is 16.6. The lowest BCUT2D eigenvalue weighted by Gasteiger charge is -2.17. The molecule has 2 aromatic carbocycles. The van der Waals surface area contributed by atoms with Gasteiger partial charge in [-0.1, -0.05) is 48.2 Å². The number of methoxy groups -OCH3 is 1. The largest absolute Gasteiger partial charge is 0.497 e. The zero-order valence-corrected chi connectivity index (χ0v) is 17.4. The van der Waals surface area contributed by atoms with E-state index in [1.807, 2.05) is 48.5 Å². The fraction of sp³-hybridized carbons (Fsp3) is 0.333. The molecule has 0 radical (unpaired) electrons. The lowest BCUT2D eigenvalue weighted by Crippen LogP contribution is -2.21. The lowest BCUT2D eigenvalue weighted by atomic mass is 10.1. The van der Waals surface area contributed by atoms with E-state index in [1.165, 1.54) is 11.8 Å². The normalized spacial score (nSPS) is 16.9. The molecule has 0 bridgehead atoms. The Kier molecular flexibility index (Phi) is 6.60. The molecule has 0 unspecified atom stereocenters. The Balaban J connectivity index is 1.55. The van der Waals surface area contributed by atoms with E-state index in [4.69, 9.17) is 9.47 Å². The minimum absolute atomic E-state index is 0.105. The monoisotopic (exact) mass is 425 g/mol. The number of anilines is 1. The third kappa shape index (κ3) is 4.98. The van der Waals surface area contributed by atoms with Crippen LogP contribution in [0.5, 0.6) is 5.75 Å². The van der Waals surface area contributed by atoms with E-state index in [9.17, 15) is 4.79 Å². The minimum Gasteiger partial charge on any atom is -0.497 e. The number of nitrogens with one attached hydrogen (secondary N) is 1. The summed E-state index contributed by atoms with van der Waals surface area (Å²) in [6.07, 6.45) is 2.14. The van der Waals surface area contributed by atoms with Gasteiger partial charge in [-0.3, -0.25) is 4.79 Å². The highest BCUT2D eigenvalue weighted by Gasteiger charge is 2.26. The second-order valence-electron chi connectivity index (χ2n) is 6.91. The summed E-state index contributed by atoms with van der Waals surface area (Å²) in [6.45, 7) is 1.35. The standard InChI is InChI=1S/C21H23N5O3S/c1-28-17-10-5-9-16(13-17)22-20(27)19(15-7-3-2-4-8-15)30-21-23-24-25-26(21)14-18-11-6-12-29-18/h2-5,7-10,13,18-19H,6,11-12,14H2,1H3,(H,22,27)/t18-,19-/m1/s1. The molecule has 0 spiro atoms. The van der Waals surface area contributed by atoms with Crippen molar-refractivity contribution in [2.45, 2.75) is 35.9 Å². The average Bonchev–Trinajstić information content (AvgIpc) is 3.45. The van der Waals surface area contributed by atoms with Crippen molar-refractivity contribution in [3.63, 3.8) is 0 Å². The Morgan fingerprint density at radius 3 is 2.93 bits per heavy atom. The molecule has 9 heteroatoms. The summed E-state index contributed by atoms with van der Waals surface area (Å²) in [6, 6.07) is 16.9. The van der Waals surface area contributed by atoms with Crippen molar-refractivity contribution >= 4 is 23.4 Å². The number of thioether (sulfide) groups is 1. The number of nitrogens with zero attached hydrogens (tertiary/aromatic N) is 4. The number of hydrogen-bond acceptors (Lipinski definition) is 7. The predicted molar refractivity (Wildman–Crippen MR) is 113 cm³/mol. The summed E-state index contributed by atoms with van der Waals surface area (Å²) < 4.78 is 12.7. The van der Waals surface area contributed by atoms with Gasteiger partial charge in [0.1, 0.15) is 11.0 Å². The predicted octanol–water partition coefficient (Wildman–Crippen LogP) is 3.33. The molecule has 4 rings (SSSR count). The smallest absolute Gasteiger partial charge is 0.242 e. The van der Waals surface area contributed by atoms with Crippen LogP contribution in [0.15, 0.2) is 59.8 Å². The third-order valence-electron chi connectivity index (χ3n) is 4.80. The Bertz CT molecular complexity index is 976. The molecule has 156 valence electrons. The maximum Gasteiger partial charge on any atom is 0.242 e. The highest BCUT2D eigenvalue weighted by molar-refractivity contribution is 8.00.